The third-order valence-electron chi connectivity index (χ3n) is 2.76. The van der Waals surface area contributed by atoms with Crippen LogP contribution in [0.3, 0.4) is 0 Å². The average Bonchev–Trinajstić information content (AvgIpc) is 2.59. The molecule has 8 nitrogen and oxygen atoms in total. The molecule has 0 aliphatic rings. The first-order valence-corrected chi connectivity index (χ1v) is 7.04. The lowest BCUT2D eigenvalue weighted by molar-refractivity contribution is -0.384. The third kappa shape index (κ3) is 5.76. The summed E-state index contributed by atoms with van der Waals surface area (Å²) in [4.78, 5) is 26.6. The number of hydrogen-bond donors (Lipinski definition) is 1. The molecular formula is C16H15N3O5. The summed E-state index contributed by atoms with van der Waals surface area (Å²) in [6.45, 7) is 0.462. The molecule has 1 N–H and O–H groups in total. The molecule has 124 valence electrons. The van der Waals surface area contributed by atoms with Crippen molar-refractivity contribution in [2.24, 2.45) is 5.16 Å². The predicted molar refractivity (Wildman–Crippen MR) is 88.1 cm³/mol. The van der Waals surface area contributed by atoms with E-state index in [2.05, 4.69) is 10.5 Å². The van der Waals surface area contributed by atoms with E-state index >= 15 is 0 Å². The second-order valence-electron chi connectivity index (χ2n) is 4.53. The van der Waals surface area contributed by atoms with Crippen molar-refractivity contribution in [1.82, 2.24) is 0 Å². The minimum absolute atomic E-state index is 0.112. The number of non-ortho nitro benzene ring substituents is 1. The SMILES string of the molecule is O=C(C=NOCCOc1ccccc1)Nc1cccc([N+](=O)[O-])c1. The zero-order valence-corrected chi connectivity index (χ0v) is 12.6. The third-order valence-corrected chi connectivity index (χ3v) is 2.76. The number of oxime groups is 1. The molecule has 0 radical (unpaired) electrons. The fraction of sp³-hybridized carbons (Fsp3) is 0.125. The first kappa shape index (κ1) is 16.9. The average molecular weight is 329 g/mol. The molecule has 0 spiro atoms. The Morgan fingerprint density at radius 1 is 1.17 bits per heavy atom. The molecule has 1 amide bonds. The Morgan fingerprint density at radius 2 is 1.96 bits per heavy atom. The molecule has 0 unspecified atom stereocenters. The normalized spacial score (nSPS) is 10.3. The molecule has 0 fully saturated rings. The van der Waals surface area contributed by atoms with Crippen molar-refractivity contribution in [3.05, 3.63) is 64.7 Å². The van der Waals surface area contributed by atoms with Gasteiger partial charge in [0, 0.05) is 17.8 Å². The number of para-hydroxylation sites is 1. The van der Waals surface area contributed by atoms with Crippen molar-refractivity contribution >= 4 is 23.5 Å². The standard InChI is InChI=1S/C16H15N3O5/c20-16(18-13-5-4-6-14(11-13)19(21)22)12-17-24-10-9-23-15-7-2-1-3-8-15/h1-8,11-12H,9-10H2,(H,18,20). The number of nitro groups is 1. The number of anilines is 1. The van der Waals surface area contributed by atoms with E-state index in [-0.39, 0.29) is 18.9 Å². The van der Waals surface area contributed by atoms with Gasteiger partial charge < -0.3 is 14.9 Å². The molecule has 2 aromatic carbocycles. The molecule has 2 rings (SSSR count). The topological polar surface area (TPSA) is 103 Å². The van der Waals surface area contributed by atoms with Crippen molar-refractivity contribution in [1.29, 1.82) is 0 Å². The fourth-order valence-electron chi connectivity index (χ4n) is 1.72. The number of nitrogens with one attached hydrogen (secondary N) is 1. The van der Waals surface area contributed by atoms with Crippen molar-refractivity contribution in [3.63, 3.8) is 0 Å². The highest BCUT2D eigenvalue weighted by Gasteiger charge is 2.06. The van der Waals surface area contributed by atoms with Gasteiger partial charge in [0.05, 0.1) is 4.92 Å². The van der Waals surface area contributed by atoms with Gasteiger partial charge in [-0.15, -0.1) is 0 Å². The van der Waals surface area contributed by atoms with Gasteiger partial charge in [-0.05, 0) is 18.2 Å². The lowest BCUT2D eigenvalue weighted by Crippen LogP contribution is -2.13. The first-order valence-electron chi connectivity index (χ1n) is 7.04. The summed E-state index contributed by atoms with van der Waals surface area (Å²) >= 11 is 0. The summed E-state index contributed by atoms with van der Waals surface area (Å²) in [6, 6.07) is 14.8. The number of hydrogen-bond acceptors (Lipinski definition) is 6. The van der Waals surface area contributed by atoms with Crippen LogP contribution in [0, 0.1) is 10.1 Å². The maximum atomic E-state index is 11.6. The van der Waals surface area contributed by atoms with Crippen molar-refractivity contribution in [2.75, 3.05) is 18.5 Å². The lowest BCUT2D eigenvalue weighted by atomic mass is 10.3. The number of rotatable bonds is 8. The molecule has 0 aliphatic carbocycles. The minimum atomic E-state index is -0.556. The van der Waals surface area contributed by atoms with Crippen molar-refractivity contribution in [3.8, 4) is 5.75 Å². The number of benzene rings is 2. The van der Waals surface area contributed by atoms with Crippen LogP contribution in [0.25, 0.3) is 0 Å². The highest BCUT2D eigenvalue weighted by atomic mass is 16.6. The van der Waals surface area contributed by atoms with Crippen LogP contribution in [0.4, 0.5) is 11.4 Å². The Bertz CT molecular complexity index is 719. The zero-order valence-electron chi connectivity index (χ0n) is 12.6. The van der Waals surface area contributed by atoms with Gasteiger partial charge in [-0.25, -0.2) is 0 Å². The van der Waals surface area contributed by atoms with Crippen LogP contribution in [0.15, 0.2) is 59.8 Å². The highest BCUT2D eigenvalue weighted by molar-refractivity contribution is 6.31. The molecule has 0 aromatic heterocycles. The predicted octanol–water partition coefficient (Wildman–Crippen LogP) is 2.61. The zero-order chi connectivity index (χ0) is 17.2. The maximum absolute atomic E-state index is 11.6. The molecular weight excluding hydrogens is 314 g/mol. The number of nitrogens with zero attached hydrogens (tertiary/aromatic N) is 2. The molecule has 2 aromatic rings. The minimum Gasteiger partial charge on any atom is -0.490 e. The Balaban J connectivity index is 1.69. The largest absolute Gasteiger partial charge is 0.490 e. The Hall–Kier alpha value is -3.42. The van der Waals surface area contributed by atoms with E-state index in [1.807, 2.05) is 30.3 Å². The first-order chi connectivity index (χ1) is 11.6. The van der Waals surface area contributed by atoms with Gasteiger partial charge in [-0.1, -0.05) is 29.4 Å². The van der Waals surface area contributed by atoms with Crippen LogP contribution in [0.2, 0.25) is 0 Å². The van der Waals surface area contributed by atoms with Crippen LogP contribution < -0.4 is 10.1 Å². The van der Waals surface area contributed by atoms with E-state index in [0.717, 1.165) is 6.21 Å². The summed E-state index contributed by atoms with van der Waals surface area (Å²) in [5.41, 5.74) is 0.187. The Morgan fingerprint density at radius 3 is 2.71 bits per heavy atom. The van der Waals surface area contributed by atoms with Gasteiger partial charge in [-0.3, -0.25) is 14.9 Å². The van der Waals surface area contributed by atoms with E-state index in [1.165, 1.54) is 24.3 Å². The van der Waals surface area contributed by atoms with E-state index in [9.17, 15) is 14.9 Å². The Kier molecular flexibility index (Phi) is 6.27. The second-order valence-corrected chi connectivity index (χ2v) is 4.53. The molecule has 0 aliphatic heterocycles. The molecule has 8 heteroatoms. The van der Waals surface area contributed by atoms with Crippen LogP contribution in [0.1, 0.15) is 0 Å². The van der Waals surface area contributed by atoms with Gasteiger partial charge in [0.15, 0.2) is 6.61 Å². The van der Waals surface area contributed by atoms with E-state index in [4.69, 9.17) is 9.57 Å². The lowest BCUT2D eigenvalue weighted by Gasteiger charge is -2.04. The number of carbonyl (C=O) groups excluding carboxylic acids is 1. The fourth-order valence-corrected chi connectivity index (χ4v) is 1.72. The second kappa shape index (κ2) is 8.89. The number of nitro benzene ring substituents is 1. The quantitative estimate of drug-likeness (QED) is 0.347. The van der Waals surface area contributed by atoms with Gasteiger partial charge in [0.1, 0.15) is 18.6 Å². The number of ether oxygens (including phenoxy) is 1. The Labute approximate surface area is 137 Å². The van der Waals surface area contributed by atoms with Crippen LogP contribution in [-0.2, 0) is 9.63 Å². The smallest absolute Gasteiger partial charge is 0.271 e. The molecule has 0 bridgehead atoms. The van der Waals surface area contributed by atoms with E-state index < -0.39 is 10.8 Å². The van der Waals surface area contributed by atoms with E-state index in [1.54, 1.807) is 0 Å². The number of amides is 1. The van der Waals surface area contributed by atoms with Crippen LogP contribution in [-0.4, -0.2) is 30.3 Å². The maximum Gasteiger partial charge on any atom is 0.271 e. The summed E-state index contributed by atoms with van der Waals surface area (Å²) < 4.78 is 5.38. The van der Waals surface area contributed by atoms with Gasteiger partial charge in [-0.2, -0.15) is 0 Å². The van der Waals surface area contributed by atoms with Gasteiger partial charge in [0.2, 0.25) is 0 Å². The monoisotopic (exact) mass is 329 g/mol. The van der Waals surface area contributed by atoms with Gasteiger partial charge >= 0.3 is 0 Å². The summed E-state index contributed by atoms with van der Waals surface area (Å²) in [5.74, 6) is 0.160. The molecule has 0 saturated carbocycles. The van der Waals surface area contributed by atoms with E-state index in [0.29, 0.717) is 11.4 Å². The summed E-state index contributed by atoms with van der Waals surface area (Å²) in [7, 11) is 0. The molecule has 24 heavy (non-hydrogen) atoms. The molecule has 0 saturated heterocycles. The van der Waals surface area contributed by atoms with Crippen LogP contribution in [0.5, 0.6) is 5.75 Å². The number of carbonyl (C=O) groups is 1. The van der Waals surface area contributed by atoms with Crippen molar-refractivity contribution in [2.45, 2.75) is 0 Å². The molecule has 0 heterocycles. The van der Waals surface area contributed by atoms with Crippen molar-refractivity contribution < 1.29 is 19.3 Å². The van der Waals surface area contributed by atoms with Gasteiger partial charge in [0.25, 0.3) is 11.6 Å². The highest BCUT2D eigenvalue weighted by Crippen LogP contribution is 2.16. The molecule has 0 atom stereocenters. The van der Waals surface area contributed by atoms with Crippen LogP contribution >= 0.6 is 0 Å². The summed E-state index contributed by atoms with van der Waals surface area (Å²) in [5, 5.41) is 16.6. The summed E-state index contributed by atoms with van der Waals surface area (Å²) in [6.07, 6.45) is 0.946.